The monoisotopic (exact) mass is 323 g/mol. The van der Waals surface area contributed by atoms with Crippen molar-refractivity contribution in [2.24, 2.45) is 0 Å². The number of hydrogen-bond donors (Lipinski definition) is 2. The highest BCUT2D eigenvalue weighted by molar-refractivity contribution is 5.94. The first-order chi connectivity index (χ1) is 11.1. The lowest BCUT2D eigenvalue weighted by molar-refractivity contribution is -0.120. The number of benzene rings is 1. The normalized spacial score (nSPS) is 17.9. The van der Waals surface area contributed by atoms with E-state index in [1.165, 1.54) is 29.1 Å². The van der Waals surface area contributed by atoms with Crippen molar-refractivity contribution in [3.63, 3.8) is 0 Å². The number of ether oxygens (including phenoxy) is 1. The van der Waals surface area contributed by atoms with Crippen LogP contribution in [-0.4, -0.2) is 46.7 Å². The van der Waals surface area contributed by atoms with Crippen molar-refractivity contribution in [3.05, 3.63) is 41.6 Å². The van der Waals surface area contributed by atoms with E-state index in [0.717, 1.165) is 0 Å². The lowest BCUT2D eigenvalue weighted by atomic mass is 10.2. The molecule has 1 amide bonds. The third-order valence-electron chi connectivity index (χ3n) is 3.41. The van der Waals surface area contributed by atoms with E-state index in [0.29, 0.717) is 13.2 Å². The van der Waals surface area contributed by atoms with Gasteiger partial charge in [-0.2, -0.15) is 0 Å². The standard InChI is InChI=1S/C14H15F2N5O2/c15-10-2-1-3-11(16)9(10)6-21-7-13(19-20-21)18-14(22)12-8-23-5-4-17-12/h1-3,7,12,17H,4-6,8H2,(H,18,22)/t12-/m1/s1. The van der Waals surface area contributed by atoms with Gasteiger partial charge in [-0.15, -0.1) is 5.10 Å². The number of aromatic nitrogens is 3. The SMILES string of the molecule is O=C(Nc1cn(Cc2c(F)cccc2F)nn1)[C@H]1COCCN1. The topological polar surface area (TPSA) is 81.1 Å². The average molecular weight is 323 g/mol. The van der Waals surface area contributed by atoms with Gasteiger partial charge < -0.3 is 15.4 Å². The van der Waals surface area contributed by atoms with Crippen molar-refractivity contribution < 1.29 is 18.3 Å². The second kappa shape index (κ2) is 6.80. The molecule has 0 spiro atoms. The molecule has 1 aromatic carbocycles. The summed E-state index contributed by atoms with van der Waals surface area (Å²) < 4.78 is 33.7. The van der Waals surface area contributed by atoms with Crippen LogP contribution in [0.1, 0.15) is 5.56 Å². The van der Waals surface area contributed by atoms with Crippen molar-refractivity contribution in [1.29, 1.82) is 0 Å². The Labute approximate surface area is 130 Å². The van der Waals surface area contributed by atoms with Crippen LogP contribution < -0.4 is 10.6 Å². The minimum Gasteiger partial charge on any atom is -0.378 e. The van der Waals surface area contributed by atoms with Gasteiger partial charge in [-0.3, -0.25) is 4.79 Å². The molecule has 9 heteroatoms. The Morgan fingerprint density at radius 2 is 2.22 bits per heavy atom. The molecule has 0 bridgehead atoms. The third-order valence-corrected chi connectivity index (χ3v) is 3.41. The summed E-state index contributed by atoms with van der Waals surface area (Å²) in [5.41, 5.74) is -0.113. The molecule has 0 unspecified atom stereocenters. The van der Waals surface area contributed by atoms with Crippen LogP contribution in [0.2, 0.25) is 0 Å². The first kappa shape index (κ1) is 15.5. The summed E-state index contributed by atoms with van der Waals surface area (Å²) in [6, 6.07) is 3.18. The van der Waals surface area contributed by atoms with Crippen LogP contribution in [-0.2, 0) is 16.1 Å². The molecule has 0 radical (unpaired) electrons. The van der Waals surface area contributed by atoms with Crippen molar-refractivity contribution in [3.8, 4) is 0 Å². The fraction of sp³-hybridized carbons (Fsp3) is 0.357. The predicted octanol–water partition coefficient (Wildman–Crippen LogP) is 0.531. The molecule has 2 heterocycles. The molecule has 1 atom stereocenters. The number of halogens is 2. The molecular formula is C14H15F2N5O2. The zero-order valence-corrected chi connectivity index (χ0v) is 12.1. The van der Waals surface area contributed by atoms with Crippen LogP contribution in [0.5, 0.6) is 0 Å². The van der Waals surface area contributed by atoms with Crippen LogP contribution in [0.15, 0.2) is 24.4 Å². The summed E-state index contributed by atoms with van der Waals surface area (Å²) >= 11 is 0. The zero-order valence-electron chi connectivity index (χ0n) is 12.1. The van der Waals surface area contributed by atoms with E-state index in [1.807, 2.05) is 0 Å². The van der Waals surface area contributed by atoms with E-state index < -0.39 is 17.7 Å². The average Bonchev–Trinajstić information content (AvgIpc) is 2.99. The van der Waals surface area contributed by atoms with Gasteiger partial charge in [0, 0.05) is 12.1 Å². The first-order valence-electron chi connectivity index (χ1n) is 7.08. The molecule has 1 aliphatic rings. The van der Waals surface area contributed by atoms with Crippen LogP contribution >= 0.6 is 0 Å². The summed E-state index contributed by atoms with van der Waals surface area (Å²) in [5, 5.41) is 13.1. The Morgan fingerprint density at radius 3 is 2.91 bits per heavy atom. The van der Waals surface area contributed by atoms with E-state index in [9.17, 15) is 13.6 Å². The largest absolute Gasteiger partial charge is 0.378 e. The summed E-state index contributed by atoms with van der Waals surface area (Å²) in [5.74, 6) is -1.41. The molecule has 1 aromatic heterocycles. The lowest BCUT2D eigenvalue weighted by Crippen LogP contribution is -2.48. The molecule has 122 valence electrons. The van der Waals surface area contributed by atoms with E-state index in [-0.39, 0.29) is 30.4 Å². The quantitative estimate of drug-likeness (QED) is 0.858. The van der Waals surface area contributed by atoms with Crippen LogP contribution in [0.25, 0.3) is 0 Å². The van der Waals surface area contributed by atoms with Gasteiger partial charge in [-0.25, -0.2) is 13.5 Å². The molecule has 7 nitrogen and oxygen atoms in total. The first-order valence-corrected chi connectivity index (χ1v) is 7.08. The fourth-order valence-electron chi connectivity index (χ4n) is 2.23. The molecule has 1 aliphatic heterocycles. The molecular weight excluding hydrogens is 308 g/mol. The van der Waals surface area contributed by atoms with Gasteiger partial charge in [0.1, 0.15) is 17.7 Å². The van der Waals surface area contributed by atoms with E-state index in [1.54, 1.807) is 0 Å². The van der Waals surface area contributed by atoms with Gasteiger partial charge in [-0.05, 0) is 12.1 Å². The number of morpholine rings is 1. The number of hydrogen-bond acceptors (Lipinski definition) is 5. The van der Waals surface area contributed by atoms with Gasteiger partial charge in [0.15, 0.2) is 5.82 Å². The van der Waals surface area contributed by atoms with Gasteiger partial charge >= 0.3 is 0 Å². The Kier molecular flexibility index (Phi) is 4.58. The fourth-order valence-corrected chi connectivity index (χ4v) is 2.23. The number of anilines is 1. The number of nitrogens with one attached hydrogen (secondary N) is 2. The number of carbonyl (C=O) groups is 1. The zero-order chi connectivity index (χ0) is 16.2. The Hall–Kier alpha value is -2.39. The highest BCUT2D eigenvalue weighted by Gasteiger charge is 2.22. The minimum absolute atomic E-state index is 0.113. The molecule has 2 aromatic rings. The van der Waals surface area contributed by atoms with Crippen molar-refractivity contribution in [1.82, 2.24) is 20.3 Å². The van der Waals surface area contributed by atoms with Gasteiger partial charge in [-0.1, -0.05) is 11.3 Å². The minimum atomic E-state index is -0.658. The summed E-state index contributed by atoms with van der Waals surface area (Å²) in [6.45, 7) is 1.32. The number of carbonyl (C=O) groups excluding carboxylic acids is 1. The second-order valence-electron chi connectivity index (χ2n) is 5.07. The Bertz CT molecular complexity index is 680. The summed E-state index contributed by atoms with van der Waals surface area (Å²) in [7, 11) is 0. The van der Waals surface area contributed by atoms with E-state index in [4.69, 9.17) is 4.74 Å². The molecule has 0 saturated carbocycles. The maximum atomic E-state index is 13.6. The number of nitrogens with zero attached hydrogens (tertiary/aromatic N) is 3. The molecule has 3 rings (SSSR count). The molecule has 0 aliphatic carbocycles. The highest BCUT2D eigenvalue weighted by atomic mass is 19.1. The van der Waals surface area contributed by atoms with Gasteiger partial charge in [0.25, 0.3) is 0 Å². The number of rotatable bonds is 4. The summed E-state index contributed by atoms with van der Waals surface area (Å²) in [4.78, 5) is 12.0. The molecule has 1 fully saturated rings. The maximum absolute atomic E-state index is 13.6. The highest BCUT2D eigenvalue weighted by Crippen LogP contribution is 2.14. The maximum Gasteiger partial charge on any atom is 0.245 e. The number of amides is 1. The smallest absolute Gasteiger partial charge is 0.245 e. The molecule has 23 heavy (non-hydrogen) atoms. The Balaban J connectivity index is 1.65. The van der Waals surface area contributed by atoms with E-state index >= 15 is 0 Å². The second-order valence-corrected chi connectivity index (χ2v) is 5.07. The van der Waals surface area contributed by atoms with Crippen molar-refractivity contribution in [2.45, 2.75) is 12.6 Å². The third kappa shape index (κ3) is 3.69. The van der Waals surface area contributed by atoms with E-state index in [2.05, 4.69) is 20.9 Å². The predicted molar refractivity (Wildman–Crippen MR) is 76.7 cm³/mol. The molecule has 2 N–H and O–H groups in total. The van der Waals surface area contributed by atoms with Gasteiger partial charge in [0.05, 0.1) is 26.0 Å². The lowest BCUT2D eigenvalue weighted by Gasteiger charge is -2.22. The summed E-state index contributed by atoms with van der Waals surface area (Å²) in [6.07, 6.45) is 1.41. The van der Waals surface area contributed by atoms with Crippen LogP contribution in [0.4, 0.5) is 14.6 Å². The van der Waals surface area contributed by atoms with Gasteiger partial charge in [0.2, 0.25) is 5.91 Å². The molecule has 1 saturated heterocycles. The van der Waals surface area contributed by atoms with Crippen molar-refractivity contribution in [2.75, 3.05) is 25.1 Å². The Morgan fingerprint density at radius 1 is 1.43 bits per heavy atom. The van der Waals surface area contributed by atoms with Crippen LogP contribution in [0.3, 0.4) is 0 Å². The van der Waals surface area contributed by atoms with Crippen LogP contribution in [0, 0.1) is 11.6 Å². The van der Waals surface area contributed by atoms with Crippen molar-refractivity contribution >= 4 is 11.7 Å².